The number of allylic oxidation sites excluding steroid dienone is 3. The summed E-state index contributed by atoms with van der Waals surface area (Å²) in [4.78, 5) is 15.1. The molecule has 0 saturated heterocycles. The van der Waals surface area contributed by atoms with Gasteiger partial charge in [0.25, 0.3) is 0 Å². The van der Waals surface area contributed by atoms with Crippen LogP contribution < -0.4 is 19.3 Å². The fraction of sp³-hybridized carbons (Fsp3) is 0.0667. The van der Waals surface area contributed by atoms with Crippen LogP contribution in [-0.4, -0.2) is 9.97 Å². The highest BCUT2D eigenvalue weighted by Crippen LogP contribution is 2.51. The Bertz CT molecular complexity index is 2470. The van der Waals surface area contributed by atoms with Crippen molar-refractivity contribution in [1.82, 2.24) is 9.97 Å². The molecule has 10 rings (SSSR count). The number of aryl methyl sites for hydroxylation is 1. The van der Waals surface area contributed by atoms with Crippen molar-refractivity contribution in [2.75, 3.05) is 9.80 Å². The van der Waals surface area contributed by atoms with E-state index in [9.17, 15) is 0 Å². The highest BCUT2D eigenvalue weighted by atomic mass is 16.5. The van der Waals surface area contributed by atoms with Crippen molar-refractivity contribution in [3.8, 4) is 34.3 Å². The van der Waals surface area contributed by atoms with Gasteiger partial charge < -0.3 is 19.3 Å². The smallest absolute Gasteiger partial charge is 0.151 e. The van der Waals surface area contributed by atoms with E-state index < -0.39 is 0 Å². The van der Waals surface area contributed by atoms with Crippen molar-refractivity contribution in [3.63, 3.8) is 0 Å². The molecule has 3 heterocycles. The molecule has 6 heteroatoms. The number of fused-ring (bicyclic) bond motifs is 5. The summed E-state index contributed by atoms with van der Waals surface area (Å²) in [5, 5.41) is 0. The Labute approximate surface area is 296 Å². The van der Waals surface area contributed by atoms with E-state index in [4.69, 9.17) is 19.4 Å². The predicted molar refractivity (Wildman–Crippen MR) is 204 cm³/mol. The number of aromatic nitrogens is 2. The molecule has 6 aromatic carbocycles. The first-order valence-corrected chi connectivity index (χ1v) is 17.3. The maximum absolute atomic E-state index is 6.26. The third-order valence-corrected chi connectivity index (χ3v) is 9.80. The zero-order chi connectivity index (χ0) is 33.9. The fourth-order valence-electron chi connectivity index (χ4n) is 7.36. The van der Waals surface area contributed by atoms with Gasteiger partial charge in [-0.25, -0.2) is 9.97 Å². The van der Waals surface area contributed by atoms with Gasteiger partial charge in [-0.3, -0.25) is 0 Å². The Kier molecular flexibility index (Phi) is 6.74. The van der Waals surface area contributed by atoms with E-state index in [1.807, 2.05) is 60.7 Å². The molecule has 244 valence electrons. The van der Waals surface area contributed by atoms with Crippen LogP contribution in [0, 0.1) is 6.92 Å². The van der Waals surface area contributed by atoms with Crippen molar-refractivity contribution in [1.29, 1.82) is 0 Å². The van der Waals surface area contributed by atoms with E-state index in [0.717, 1.165) is 97.1 Å². The maximum atomic E-state index is 6.26. The third kappa shape index (κ3) is 4.95. The summed E-state index contributed by atoms with van der Waals surface area (Å²) < 4.78 is 12.5. The van der Waals surface area contributed by atoms with Crippen LogP contribution in [0.15, 0.2) is 163 Å². The molecule has 0 bridgehead atoms. The summed E-state index contributed by atoms with van der Waals surface area (Å²) in [7, 11) is 0. The van der Waals surface area contributed by atoms with Crippen LogP contribution in [0.4, 0.5) is 28.4 Å². The quantitative estimate of drug-likeness (QED) is 0.187. The summed E-state index contributed by atoms with van der Waals surface area (Å²) in [6.07, 6.45) is 7.59. The maximum Gasteiger partial charge on any atom is 0.151 e. The second-order valence-electron chi connectivity index (χ2n) is 13.1. The van der Waals surface area contributed by atoms with Crippen molar-refractivity contribution in [3.05, 3.63) is 175 Å². The van der Waals surface area contributed by atoms with Gasteiger partial charge in [-0.2, -0.15) is 0 Å². The Hall–Kier alpha value is -6.66. The highest BCUT2D eigenvalue weighted by molar-refractivity contribution is 5.87. The van der Waals surface area contributed by atoms with Gasteiger partial charge in [-0.15, -0.1) is 0 Å². The number of hydrogen-bond donors (Lipinski definition) is 0. The SMILES string of the molecule is Cc1ccc2nc(C3C=CC(N4c5ccccc5Oc5ccccc54)=CC3)c(-c3ccc(N4c5ccccc5Oc5ccccc54)cc3)nc2c1. The second kappa shape index (κ2) is 11.7. The lowest BCUT2D eigenvalue weighted by Crippen LogP contribution is -2.21. The largest absolute Gasteiger partial charge is 0.453 e. The molecule has 51 heavy (non-hydrogen) atoms. The molecular formula is C45H32N4O2. The number of anilines is 5. The topological polar surface area (TPSA) is 50.7 Å². The van der Waals surface area contributed by atoms with Crippen LogP contribution in [0.2, 0.25) is 0 Å². The minimum atomic E-state index is 0.0474. The molecule has 6 nitrogen and oxygen atoms in total. The Morgan fingerprint density at radius 1 is 0.569 bits per heavy atom. The van der Waals surface area contributed by atoms with Crippen LogP contribution in [0.25, 0.3) is 22.3 Å². The zero-order valence-corrected chi connectivity index (χ0v) is 27.9. The first-order valence-electron chi connectivity index (χ1n) is 17.3. The molecule has 0 fully saturated rings. The molecule has 0 N–H and O–H groups in total. The van der Waals surface area contributed by atoms with Crippen molar-refractivity contribution >= 4 is 39.5 Å². The van der Waals surface area contributed by atoms with Crippen LogP contribution in [0.3, 0.4) is 0 Å². The molecule has 0 amide bonds. The molecule has 1 aliphatic carbocycles. The Morgan fingerprint density at radius 3 is 1.67 bits per heavy atom. The highest BCUT2D eigenvalue weighted by Gasteiger charge is 2.29. The molecule has 1 atom stereocenters. The van der Waals surface area contributed by atoms with Crippen molar-refractivity contribution in [2.24, 2.45) is 0 Å². The molecule has 1 aromatic heterocycles. The van der Waals surface area contributed by atoms with Crippen molar-refractivity contribution in [2.45, 2.75) is 19.3 Å². The van der Waals surface area contributed by atoms with Crippen LogP contribution >= 0.6 is 0 Å². The van der Waals surface area contributed by atoms with E-state index >= 15 is 0 Å². The van der Waals surface area contributed by atoms with E-state index in [1.54, 1.807) is 0 Å². The fourth-order valence-corrected chi connectivity index (χ4v) is 7.36. The summed E-state index contributed by atoms with van der Waals surface area (Å²) in [6.45, 7) is 2.10. The average Bonchev–Trinajstić information content (AvgIpc) is 3.18. The summed E-state index contributed by atoms with van der Waals surface area (Å²) in [6, 6.07) is 47.7. The monoisotopic (exact) mass is 660 g/mol. The lowest BCUT2D eigenvalue weighted by atomic mass is 9.91. The zero-order valence-electron chi connectivity index (χ0n) is 27.9. The number of ether oxygens (including phenoxy) is 2. The van der Waals surface area contributed by atoms with Crippen LogP contribution in [0.5, 0.6) is 23.0 Å². The van der Waals surface area contributed by atoms with Gasteiger partial charge in [-0.05, 0) is 97.8 Å². The van der Waals surface area contributed by atoms with Gasteiger partial charge in [0, 0.05) is 22.9 Å². The molecule has 2 aliphatic heterocycles. The van der Waals surface area contributed by atoms with Crippen molar-refractivity contribution < 1.29 is 9.47 Å². The van der Waals surface area contributed by atoms with E-state index in [2.05, 4.69) is 114 Å². The molecule has 0 saturated carbocycles. The van der Waals surface area contributed by atoms with Crippen LogP contribution in [0.1, 0.15) is 23.6 Å². The molecular weight excluding hydrogens is 629 g/mol. The van der Waals surface area contributed by atoms with Gasteiger partial charge in [0.05, 0.1) is 45.2 Å². The van der Waals surface area contributed by atoms with E-state index in [1.165, 1.54) is 0 Å². The summed E-state index contributed by atoms with van der Waals surface area (Å²) >= 11 is 0. The Balaban J connectivity index is 1.03. The predicted octanol–water partition coefficient (Wildman–Crippen LogP) is 12.1. The summed E-state index contributed by atoms with van der Waals surface area (Å²) in [5.74, 6) is 3.40. The molecule has 1 unspecified atom stereocenters. The normalized spacial score (nSPS) is 15.5. The lowest BCUT2D eigenvalue weighted by molar-refractivity contribution is 0.476. The van der Waals surface area contributed by atoms with Gasteiger partial charge in [-0.1, -0.05) is 78.9 Å². The molecule has 3 aliphatic rings. The second-order valence-corrected chi connectivity index (χ2v) is 13.1. The number of para-hydroxylation sites is 8. The number of rotatable bonds is 4. The number of benzene rings is 6. The van der Waals surface area contributed by atoms with E-state index in [-0.39, 0.29) is 5.92 Å². The third-order valence-electron chi connectivity index (χ3n) is 9.80. The van der Waals surface area contributed by atoms with Crippen LogP contribution in [-0.2, 0) is 0 Å². The first-order chi connectivity index (χ1) is 25.2. The number of nitrogens with zero attached hydrogens (tertiary/aromatic N) is 4. The summed E-state index contributed by atoms with van der Waals surface area (Å²) in [5.41, 5.74) is 12.1. The average molecular weight is 661 g/mol. The number of hydrogen-bond acceptors (Lipinski definition) is 6. The molecule has 0 spiro atoms. The minimum Gasteiger partial charge on any atom is -0.453 e. The van der Waals surface area contributed by atoms with Gasteiger partial charge in [0.15, 0.2) is 23.0 Å². The lowest BCUT2D eigenvalue weighted by Gasteiger charge is -2.34. The van der Waals surface area contributed by atoms with Gasteiger partial charge in [0.1, 0.15) is 0 Å². The first kappa shape index (κ1) is 29.3. The van der Waals surface area contributed by atoms with Gasteiger partial charge >= 0.3 is 0 Å². The molecule has 0 radical (unpaired) electrons. The van der Waals surface area contributed by atoms with E-state index in [0.29, 0.717) is 0 Å². The molecule has 7 aromatic rings. The standard InChI is InChI=1S/C45H32N4O2/c1-29-18-27-34-35(28-29)47-45(31-21-25-33(26-22-31)49-38-12-4-8-16-42(38)51-43-17-9-5-13-39(43)49)44(46-34)30-19-23-32(24-20-30)48-36-10-2-6-14-40(36)50-41-15-7-3-11-37(41)48/h2-19,21-28,30H,20H2,1H3. The Morgan fingerprint density at radius 2 is 1.12 bits per heavy atom. The minimum absolute atomic E-state index is 0.0474. The van der Waals surface area contributed by atoms with Gasteiger partial charge in [0.2, 0.25) is 0 Å².